The van der Waals surface area contributed by atoms with Crippen molar-refractivity contribution in [1.82, 2.24) is 0 Å². The van der Waals surface area contributed by atoms with Gasteiger partial charge < -0.3 is 4.74 Å². The summed E-state index contributed by atoms with van der Waals surface area (Å²) in [6.45, 7) is 8.36. The van der Waals surface area contributed by atoms with Crippen LogP contribution < -0.4 is 0 Å². The zero-order chi connectivity index (χ0) is 10.7. The van der Waals surface area contributed by atoms with Gasteiger partial charge in [-0.2, -0.15) is 0 Å². The Labute approximate surface area is 86.3 Å². The quantitative estimate of drug-likeness (QED) is 0.499. The maximum absolute atomic E-state index is 11.2. The van der Waals surface area contributed by atoms with Crippen molar-refractivity contribution in [2.24, 2.45) is 17.8 Å². The smallest absolute Gasteiger partial charge is 0.306 e. The summed E-state index contributed by atoms with van der Waals surface area (Å²) < 4.78 is 4.71. The van der Waals surface area contributed by atoms with E-state index in [-0.39, 0.29) is 5.97 Å². The maximum atomic E-state index is 11.2. The Kier molecular flexibility index (Phi) is 3.73. The first-order valence-electron chi connectivity index (χ1n) is 5.31. The Hall–Kier alpha value is -0.790. The number of esters is 1. The van der Waals surface area contributed by atoms with Crippen LogP contribution >= 0.6 is 0 Å². The molecule has 0 aromatic heterocycles. The largest absolute Gasteiger partial charge is 0.469 e. The molecule has 0 heterocycles. The Bertz CT molecular complexity index is 226. The van der Waals surface area contributed by atoms with Gasteiger partial charge in [0.2, 0.25) is 0 Å². The first-order chi connectivity index (χ1) is 6.56. The van der Waals surface area contributed by atoms with Crippen molar-refractivity contribution in [3.8, 4) is 0 Å². The van der Waals surface area contributed by atoms with Crippen LogP contribution in [0.4, 0.5) is 0 Å². The van der Waals surface area contributed by atoms with E-state index in [1.807, 2.05) is 0 Å². The summed E-state index contributed by atoms with van der Waals surface area (Å²) in [6.07, 6.45) is 3.00. The second-order valence-corrected chi connectivity index (χ2v) is 4.45. The van der Waals surface area contributed by atoms with Gasteiger partial charge in [0.05, 0.1) is 13.5 Å². The van der Waals surface area contributed by atoms with Gasteiger partial charge >= 0.3 is 5.97 Å². The van der Waals surface area contributed by atoms with Crippen molar-refractivity contribution in [2.75, 3.05) is 7.11 Å². The fourth-order valence-electron chi connectivity index (χ4n) is 1.79. The van der Waals surface area contributed by atoms with Crippen LogP contribution in [0, 0.1) is 17.8 Å². The molecular weight excluding hydrogens is 176 g/mol. The SMILES string of the molecule is C=C(C(C)C)C(CC(=O)OC)C1CC1. The van der Waals surface area contributed by atoms with E-state index >= 15 is 0 Å². The molecule has 1 saturated carbocycles. The molecule has 0 bridgehead atoms. The number of allylic oxidation sites excluding steroid dienone is 1. The Morgan fingerprint density at radius 2 is 2.07 bits per heavy atom. The molecule has 80 valence electrons. The van der Waals surface area contributed by atoms with Gasteiger partial charge in [0.25, 0.3) is 0 Å². The molecule has 2 heteroatoms. The molecule has 0 spiro atoms. The number of rotatable bonds is 5. The minimum atomic E-state index is -0.108. The average Bonchev–Trinajstić information content (AvgIpc) is 2.95. The van der Waals surface area contributed by atoms with Crippen LogP contribution in [0.1, 0.15) is 33.1 Å². The van der Waals surface area contributed by atoms with Crippen molar-refractivity contribution < 1.29 is 9.53 Å². The number of hydrogen-bond acceptors (Lipinski definition) is 2. The van der Waals surface area contributed by atoms with Gasteiger partial charge in [0, 0.05) is 0 Å². The van der Waals surface area contributed by atoms with E-state index in [4.69, 9.17) is 4.74 Å². The third-order valence-corrected chi connectivity index (χ3v) is 3.02. The second kappa shape index (κ2) is 4.63. The van der Waals surface area contributed by atoms with Gasteiger partial charge in [-0.25, -0.2) is 0 Å². The highest BCUT2D eigenvalue weighted by molar-refractivity contribution is 5.70. The van der Waals surface area contributed by atoms with E-state index in [1.54, 1.807) is 0 Å². The van der Waals surface area contributed by atoms with Crippen molar-refractivity contribution >= 4 is 5.97 Å². The highest BCUT2D eigenvalue weighted by atomic mass is 16.5. The highest BCUT2D eigenvalue weighted by Crippen LogP contribution is 2.43. The lowest BCUT2D eigenvalue weighted by Gasteiger charge is -2.20. The van der Waals surface area contributed by atoms with Gasteiger partial charge in [0.15, 0.2) is 0 Å². The fourth-order valence-corrected chi connectivity index (χ4v) is 1.79. The zero-order valence-corrected chi connectivity index (χ0v) is 9.38. The highest BCUT2D eigenvalue weighted by Gasteiger charge is 2.35. The predicted molar refractivity (Wildman–Crippen MR) is 56.8 cm³/mol. The topological polar surface area (TPSA) is 26.3 Å². The Morgan fingerprint density at radius 1 is 1.50 bits per heavy atom. The van der Waals surface area contributed by atoms with Gasteiger partial charge in [-0.15, -0.1) is 0 Å². The van der Waals surface area contributed by atoms with Gasteiger partial charge in [-0.05, 0) is 30.6 Å². The molecule has 1 rings (SSSR count). The summed E-state index contributed by atoms with van der Waals surface area (Å²) in [5.74, 6) is 1.39. The molecular formula is C12H20O2. The molecule has 0 N–H and O–H groups in total. The summed E-state index contributed by atoms with van der Waals surface area (Å²) >= 11 is 0. The predicted octanol–water partition coefficient (Wildman–Crippen LogP) is 2.79. The number of methoxy groups -OCH3 is 1. The Balaban J connectivity index is 2.55. The summed E-state index contributed by atoms with van der Waals surface area (Å²) in [7, 11) is 1.45. The molecule has 0 amide bonds. The van der Waals surface area contributed by atoms with E-state index in [0.717, 1.165) is 0 Å². The summed E-state index contributed by atoms with van der Waals surface area (Å²) in [5.41, 5.74) is 1.21. The van der Waals surface area contributed by atoms with E-state index in [2.05, 4.69) is 20.4 Å². The molecule has 1 atom stereocenters. The molecule has 2 nitrogen and oxygen atoms in total. The van der Waals surface area contributed by atoms with Crippen molar-refractivity contribution in [1.29, 1.82) is 0 Å². The summed E-state index contributed by atoms with van der Waals surface area (Å²) in [5, 5.41) is 0. The summed E-state index contributed by atoms with van der Waals surface area (Å²) in [6, 6.07) is 0. The minimum Gasteiger partial charge on any atom is -0.469 e. The number of hydrogen-bond donors (Lipinski definition) is 0. The van der Waals surface area contributed by atoms with Crippen LogP contribution in [-0.2, 0) is 9.53 Å². The zero-order valence-electron chi connectivity index (χ0n) is 9.38. The standard InChI is InChI=1S/C12H20O2/c1-8(2)9(3)11(10-5-6-10)7-12(13)14-4/h8,10-11H,3,5-7H2,1-2,4H3. The normalized spacial score (nSPS) is 18.0. The Morgan fingerprint density at radius 3 is 2.43 bits per heavy atom. The van der Waals surface area contributed by atoms with Crippen LogP contribution in [0.5, 0.6) is 0 Å². The van der Waals surface area contributed by atoms with Crippen LogP contribution in [0.3, 0.4) is 0 Å². The third kappa shape index (κ3) is 2.86. The molecule has 0 saturated heterocycles. The first-order valence-corrected chi connectivity index (χ1v) is 5.31. The van der Waals surface area contributed by atoms with Gasteiger partial charge in [-0.3, -0.25) is 4.79 Å². The van der Waals surface area contributed by atoms with Gasteiger partial charge in [-0.1, -0.05) is 26.0 Å². The maximum Gasteiger partial charge on any atom is 0.306 e. The molecule has 14 heavy (non-hydrogen) atoms. The lowest BCUT2D eigenvalue weighted by molar-refractivity contribution is -0.141. The van der Waals surface area contributed by atoms with E-state index in [9.17, 15) is 4.79 Å². The molecule has 1 fully saturated rings. The molecule has 1 aliphatic carbocycles. The van der Waals surface area contributed by atoms with Gasteiger partial charge in [0.1, 0.15) is 0 Å². The fraction of sp³-hybridized carbons (Fsp3) is 0.750. The number of carbonyl (C=O) groups excluding carboxylic acids is 1. The molecule has 1 unspecified atom stereocenters. The molecule has 1 aliphatic rings. The monoisotopic (exact) mass is 196 g/mol. The van der Waals surface area contributed by atoms with E-state index in [1.165, 1.54) is 25.5 Å². The second-order valence-electron chi connectivity index (χ2n) is 4.45. The third-order valence-electron chi connectivity index (χ3n) is 3.02. The molecule has 0 aliphatic heterocycles. The van der Waals surface area contributed by atoms with Crippen LogP contribution in [0.2, 0.25) is 0 Å². The lowest BCUT2D eigenvalue weighted by Crippen LogP contribution is -2.16. The van der Waals surface area contributed by atoms with Crippen LogP contribution in [-0.4, -0.2) is 13.1 Å². The lowest BCUT2D eigenvalue weighted by atomic mass is 9.85. The minimum absolute atomic E-state index is 0.108. The number of carbonyl (C=O) groups is 1. The van der Waals surface area contributed by atoms with Crippen LogP contribution in [0.25, 0.3) is 0 Å². The number of ether oxygens (including phenoxy) is 1. The van der Waals surface area contributed by atoms with Crippen molar-refractivity contribution in [3.63, 3.8) is 0 Å². The van der Waals surface area contributed by atoms with Crippen molar-refractivity contribution in [2.45, 2.75) is 33.1 Å². The first kappa shape index (κ1) is 11.3. The molecule has 0 aromatic rings. The van der Waals surface area contributed by atoms with Crippen LogP contribution in [0.15, 0.2) is 12.2 Å². The molecule has 0 aromatic carbocycles. The average molecular weight is 196 g/mol. The van der Waals surface area contributed by atoms with E-state index < -0.39 is 0 Å². The molecule has 0 radical (unpaired) electrons. The van der Waals surface area contributed by atoms with Crippen molar-refractivity contribution in [3.05, 3.63) is 12.2 Å². The summed E-state index contributed by atoms with van der Waals surface area (Å²) in [4.78, 5) is 11.2. The van der Waals surface area contributed by atoms with E-state index in [0.29, 0.717) is 24.2 Å².